The van der Waals surface area contributed by atoms with Crippen LogP contribution in [0.2, 0.25) is 0 Å². The number of nitrogens with one attached hydrogen (secondary N) is 2. The van der Waals surface area contributed by atoms with E-state index in [4.69, 9.17) is 9.47 Å². The van der Waals surface area contributed by atoms with E-state index >= 15 is 0 Å². The highest BCUT2D eigenvalue weighted by atomic mass is 32.2. The van der Waals surface area contributed by atoms with Crippen molar-refractivity contribution in [2.45, 2.75) is 62.4 Å². The summed E-state index contributed by atoms with van der Waals surface area (Å²) in [5.41, 5.74) is 7.30. The Morgan fingerprint density at radius 2 is 1.45 bits per heavy atom. The zero-order valence-electron chi connectivity index (χ0n) is 34.7. The first-order valence-corrected chi connectivity index (χ1v) is 22.5. The van der Waals surface area contributed by atoms with Crippen LogP contribution in [0.1, 0.15) is 52.2 Å². The molecule has 6 aromatic rings. The van der Waals surface area contributed by atoms with Crippen LogP contribution in [0, 0.1) is 6.92 Å². The fraction of sp³-hybridized carbons (Fsp3) is 0.286. The summed E-state index contributed by atoms with van der Waals surface area (Å²) in [4.78, 5) is 27.5. The molecule has 13 heteroatoms. The van der Waals surface area contributed by atoms with Gasteiger partial charge in [0.05, 0.1) is 23.7 Å². The molecular weight excluding hydrogens is 801 g/mol. The largest absolute Gasteiger partial charge is 0.392 e. The lowest BCUT2D eigenvalue weighted by Gasteiger charge is -2.40. The second kappa shape index (κ2) is 19.9. The molecule has 4 atom stereocenters. The molecule has 0 bridgehead atoms. The quantitative estimate of drug-likeness (QED) is 0.104. The van der Waals surface area contributed by atoms with E-state index in [1.165, 1.54) is 0 Å². The van der Waals surface area contributed by atoms with Gasteiger partial charge in [-0.15, -0.1) is 0 Å². The van der Waals surface area contributed by atoms with Crippen molar-refractivity contribution in [1.82, 2.24) is 24.9 Å². The first-order chi connectivity index (χ1) is 30.2. The number of aliphatic hydroxyl groups is 1. The number of aryl methyl sites for hydroxylation is 1. The number of aromatic nitrogens is 2. The number of ether oxygens (including phenoxy) is 2. The average molecular weight is 853 g/mol. The number of carbonyl (C=O) groups is 1. The molecule has 3 N–H and O–H groups in total. The van der Waals surface area contributed by atoms with Crippen LogP contribution in [-0.4, -0.2) is 79.2 Å². The second-order valence-electron chi connectivity index (χ2n) is 15.9. The molecular formula is C49H52N6O6S. The molecule has 8 rings (SSSR count). The van der Waals surface area contributed by atoms with Crippen LogP contribution < -0.4 is 14.9 Å². The topological polar surface area (TPSA) is 146 Å². The molecule has 0 spiro atoms. The normalized spacial score (nSPS) is 18.9. The maximum atomic E-state index is 13.9. The fourth-order valence-corrected chi connectivity index (χ4v) is 9.19. The standard InChI is InChI=1S/C49H52N6O6S/c1-35-12-22-43(23-13-35)62(58,59)53-45(30-36-8-3-2-4-9-36)47(57)52-32-41-10-5-6-11-44(41)38-18-20-40(21-19-38)48-60-42(31-46(61-48)39-16-14-37(34-56)15-17-39)33-54-26-28-55(29-27-54)49-50-24-7-25-51-49/h2-25,42,45-46,48,53,56H,26-34H2,1H3,(H,52,57)/t42-,45-,46+,48+/m1/s1. The maximum absolute atomic E-state index is 13.9. The summed E-state index contributed by atoms with van der Waals surface area (Å²) < 4.78 is 43.0. The number of carbonyl (C=O) groups excluding carboxylic acids is 1. The van der Waals surface area contributed by atoms with E-state index in [1.807, 2.05) is 116 Å². The minimum absolute atomic E-state index is 0.0210. The van der Waals surface area contributed by atoms with Crippen molar-refractivity contribution < 1.29 is 27.8 Å². The zero-order valence-corrected chi connectivity index (χ0v) is 35.5. The Morgan fingerprint density at radius 1 is 0.774 bits per heavy atom. The molecule has 5 aromatic carbocycles. The summed E-state index contributed by atoms with van der Waals surface area (Å²) >= 11 is 0. The molecule has 0 aliphatic carbocycles. The molecule has 2 saturated heterocycles. The number of nitrogens with zero attached hydrogens (tertiary/aromatic N) is 4. The summed E-state index contributed by atoms with van der Waals surface area (Å²) in [6.45, 7) is 6.20. The third kappa shape index (κ3) is 10.8. The average Bonchev–Trinajstić information content (AvgIpc) is 3.31. The molecule has 2 aliphatic rings. The van der Waals surface area contributed by atoms with Gasteiger partial charge < -0.3 is 24.8 Å². The van der Waals surface area contributed by atoms with Crippen LogP contribution in [0.4, 0.5) is 5.95 Å². The van der Waals surface area contributed by atoms with Gasteiger partial charge in [-0.25, -0.2) is 18.4 Å². The third-order valence-electron chi connectivity index (χ3n) is 11.5. The maximum Gasteiger partial charge on any atom is 0.241 e. The van der Waals surface area contributed by atoms with Crippen molar-refractivity contribution in [3.8, 4) is 11.1 Å². The number of anilines is 1. The van der Waals surface area contributed by atoms with E-state index in [0.717, 1.165) is 83.2 Å². The summed E-state index contributed by atoms with van der Waals surface area (Å²) in [6.07, 6.45) is 3.52. The van der Waals surface area contributed by atoms with Crippen LogP contribution in [0.25, 0.3) is 11.1 Å². The Balaban J connectivity index is 0.960. The zero-order chi connectivity index (χ0) is 42.9. The molecule has 1 amide bonds. The predicted molar refractivity (Wildman–Crippen MR) is 238 cm³/mol. The first kappa shape index (κ1) is 42.9. The van der Waals surface area contributed by atoms with Gasteiger partial charge in [-0.3, -0.25) is 9.69 Å². The van der Waals surface area contributed by atoms with E-state index in [0.29, 0.717) is 6.42 Å². The Bertz CT molecular complexity index is 2490. The van der Waals surface area contributed by atoms with Crippen molar-refractivity contribution in [2.75, 3.05) is 37.6 Å². The van der Waals surface area contributed by atoms with Crippen molar-refractivity contribution in [2.24, 2.45) is 0 Å². The van der Waals surface area contributed by atoms with Gasteiger partial charge in [0.15, 0.2) is 6.29 Å². The molecule has 0 radical (unpaired) electrons. The molecule has 1 aromatic heterocycles. The minimum Gasteiger partial charge on any atom is -0.392 e. The van der Waals surface area contributed by atoms with Gasteiger partial charge in [0.25, 0.3) is 0 Å². The number of hydrogen-bond donors (Lipinski definition) is 3. The molecule has 3 heterocycles. The molecule has 320 valence electrons. The van der Waals surface area contributed by atoms with Crippen LogP contribution in [-0.2, 0) is 43.9 Å². The smallest absolute Gasteiger partial charge is 0.241 e. The Morgan fingerprint density at radius 3 is 2.16 bits per heavy atom. The SMILES string of the molecule is Cc1ccc(S(=O)(=O)N[C@H](Cc2ccccc2)C(=O)NCc2ccccc2-c2ccc([C@H]3O[C@@H](CN4CCN(c5ncccn5)CC4)C[C@@H](c4ccc(CO)cc4)O3)cc2)cc1. The van der Waals surface area contributed by atoms with E-state index in [-0.39, 0.29) is 36.7 Å². The highest BCUT2D eigenvalue weighted by Crippen LogP contribution is 2.39. The number of piperazine rings is 1. The number of rotatable bonds is 15. The van der Waals surface area contributed by atoms with Gasteiger partial charge in [0, 0.05) is 63.6 Å². The molecule has 2 aliphatic heterocycles. The number of aliphatic hydroxyl groups excluding tert-OH is 1. The van der Waals surface area contributed by atoms with Gasteiger partial charge in [-0.1, -0.05) is 121 Å². The molecule has 12 nitrogen and oxygen atoms in total. The number of sulfonamides is 1. The lowest BCUT2D eigenvalue weighted by atomic mass is 9.97. The van der Waals surface area contributed by atoms with Gasteiger partial charge in [-0.05, 0) is 64.9 Å². The monoisotopic (exact) mass is 852 g/mol. The Hall–Kier alpha value is -5.80. The highest BCUT2D eigenvalue weighted by molar-refractivity contribution is 7.89. The summed E-state index contributed by atoms with van der Waals surface area (Å²) in [6, 6.07) is 40.6. The number of benzene rings is 5. The summed E-state index contributed by atoms with van der Waals surface area (Å²) in [7, 11) is -3.98. The summed E-state index contributed by atoms with van der Waals surface area (Å²) in [5, 5.41) is 12.7. The third-order valence-corrected chi connectivity index (χ3v) is 13.0. The summed E-state index contributed by atoms with van der Waals surface area (Å²) in [5.74, 6) is 0.326. The van der Waals surface area contributed by atoms with Crippen molar-refractivity contribution >= 4 is 21.9 Å². The van der Waals surface area contributed by atoms with Gasteiger partial charge in [0.2, 0.25) is 21.9 Å². The number of hydrogen-bond acceptors (Lipinski definition) is 10. The van der Waals surface area contributed by atoms with Gasteiger partial charge >= 0.3 is 0 Å². The molecule has 2 fully saturated rings. The second-order valence-corrected chi connectivity index (χ2v) is 17.6. The minimum atomic E-state index is -3.98. The van der Waals surface area contributed by atoms with Gasteiger partial charge in [-0.2, -0.15) is 4.72 Å². The fourth-order valence-electron chi connectivity index (χ4n) is 8.00. The van der Waals surface area contributed by atoms with Crippen molar-refractivity contribution in [1.29, 1.82) is 0 Å². The van der Waals surface area contributed by atoms with Crippen LogP contribution in [0.15, 0.2) is 151 Å². The van der Waals surface area contributed by atoms with E-state index in [1.54, 1.807) is 36.7 Å². The molecule has 0 unspecified atom stereocenters. The first-order valence-electron chi connectivity index (χ1n) is 21.0. The van der Waals surface area contributed by atoms with Crippen LogP contribution in [0.3, 0.4) is 0 Å². The van der Waals surface area contributed by atoms with Crippen LogP contribution in [0.5, 0.6) is 0 Å². The highest BCUT2D eigenvalue weighted by Gasteiger charge is 2.34. The van der Waals surface area contributed by atoms with Crippen LogP contribution >= 0.6 is 0 Å². The lowest BCUT2D eigenvalue weighted by molar-refractivity contribution is -0.253. The Labute approximate surface area is 363 Å². The predicted octanol–water partition coefficient (Wildman–Crippen LogP) is 6.52. The van der Waals surface area contributed by atoms with E-state index < -0.39 is 28.3 Å². The lowest BCUT2D eigenvalue weighted by Crippen LogP contribution is -2.50. The van der Waals surface area contributed by atoms with Crippen molar-refractivity contribution in [3.05, 3.63) is 179 Å². The number of amides is 1. The van der Waals surface area contributed by atoms with E-state index in [2.05, 4.69) is 29.8 Å². The van der Waals surface area contributed by atoms with E-state index in [9.17, 15) is 18.3 Å². The Kier molecular flexibility index (Phi) is 13.8. The van der Waals surface area contributed by atoms with Gasteiger partial charge in [0.1, 0.15) is 6.04 Å². The van der Waals surface area contributed by atoms with Crippen molar-refractivity contribution in [3.63, 3.8) is 0 Å². The molecule has 0 saturated carbocycles. The molecule has 62 heavy (non-hydrogen) atoms.